The van der Waals surface area contributed by atoms with Crippen LogP contribution in [0.25, 0.3) is 142 Å². The number of benzene rings is 23. The third-order valence-corrected chi connectivity index (χ3v) is 25.8. The summed E-state index contributed by atoms with van der Waals surface area (Å²) in [7, 11) is 0. The van der Waals surface area contributed by atoms with Crippen molar-refractivity contribution in [2.24, 2.45) is 0 Å². The molecule has 0 amide bonds. The van der Waals surface area contributed by atoms with E-state index in [2.05, 4.69) is 409 Å². The van der Waals surface area contributed by atoms with E-state index in [0.717, 1.165) is 163 Å². The summed E-state index contributed by atoms with van der Waals surface area (Å²) in [5, 5.41) is 16.6. The van der Waals surface area contributed by atoms with Gasteiger partial charge in [0.1, 0.15) is 28.8 Å². The van der Waals surface area contributed by atoms with Crippen molar-refractivity contribution in [3.63, 3.8) is 0 Å². The van der Waals surface area contributed by atoms with Crippen LogP contribution in [-0.4, -0.2) is 0 Å². The number of hydrogen-bond donors (Lipinski definition) is 0. The molecular weight excluding hydrogens is 1600 g/mol. The van der Waals surface area contributed by atoms with Crippen LogP contribution in [0.2, 0.25) is 0 Å². The first-order chi connectivity index (χ1) is 64.9. The Kier molecular flexibility index (Phi) is 19.4. The standard InChI is InChI=1S/C66H43FN2O.C58H38N2O/c67-62-40-47(44-19-6-1-7-20-44)39-58(45-21-8-2-9-22-45)66(62)69(50-27-14-5-15-28-50)51-35-33-46(34-36-51)57-42-60-56-31-18-32-63-65(56)61(43-59(60)54-30-17-16-29-53(54)57)55-38-37-52(41-64(55)70-63)68(48-23-10-3-11-24-48)49-25-12-4-13-26-49;1-4-17-42(18-5-1)59(43-19-6-2-7-20-43)47-33-34-50-55-38-53-49-24-13-12-23-48(49)52(37-54(53)51-25-14-26-56(58(51)55)61-57(50)36-47)40-28-30-45(31-29-40)60(44-21-8-3-9-22-44)46-32-27-39-15-10-11-16-41(39)35-46/h1-43H;1-38H. The molecule has 0 saturated carbocycles. The largest absolute Gasteiger partial charge is 0.456 e. The highest BCUT2D eigenvalue weighted by Gasteiger charge is 2.30. The summed E-state index contributed by atoms with van der Waals surface area (Å²) in [6.07, 6.45) is 0. The van der Waals surface area contributed by atoms with Crippen molar-refractivity contribution in [2.75, 3.05) is 19.6 Å². The van der Waals surface area contributed by atoms with Gasteiger partial charge in [-0.1, -0.05) is 297 Å². The Hall–Kier alpha value is -17.4. The van der Waals surface area contributed by atoms with Crippen molar-refractivity contribution in [2.45, 2.75) is 0 Å². The Morgan fingerprint density at radius 2 is 0.458 bits per heavy atom. The number of para-hydroxylation sites is 6. The fourth-order valence-electron chi connectivity index (χ4n) is 19.8. The third kappa shape index (κ3) is 13.9. The van der Waals surface area contributed by atoms with Crippen molar-refractivity contribution < 1.29 is 13.9 Å². The van der Waals surface area contributed by atoms with Crippen LogP contribution < -0.4 is 29.1 Å². The van der Waals surface area contributed by atoms with Gasteiger partial charge < -0.3 is 29.1 Å². The highest BCUT2D eigenvalue weighted by Crippen LogP contribution is 2.56. The molecule has 2 aliphatic rings. The van der Waals surface area contributed by atoms with E-state index < -0.39 is 0 Å². The summed E-state index contributed by atoms with van der Waals surface area (Å²) < 4.78 is 30.9. The van der Waals surface area contributed by atoms with Gasteiger partial charge in [0.15, 0.2) is 0 Å². The molecule has 0 aromatic heterocycles. The minimum atomic E-state index is -0.305. The predicted molar refractivity (Wildman–Crippen MR) is 547 cm³/mol. The van der Waals surface area contributed by atoms with Gasteiger partial charge in [0.25, 0.3) is 0 Å². The zero-order valence-corrected chi connectivity index (χ0v) is 71.2. The number of anilines is 12. The van der Waals surface area contributed by atoms with Crippen LogP contribution >= 0.6 is 0 Å². The fourth-order valence-corrected chi connectivity index (χ4v) is 19.8. The van der Waals surface area contributed by atoms with Gasteiger partial charge in [0.05, 0.1) is 5.69 Å². The summed E-state index contributed by atoms with van der Waals surface area (Å²) in [6.45, 7) is 0. The Morgan fingerprint density at radius 1 is 0.153 bits per heavy atom. The van der Waals surface area contributed by atoms with Crippen molar-refractivity contribution >= 4 is 144 Å². The fraction of sp³-hybridized carbons (Fsp3) is 0. The van der Waals surface area contributed by atoms with Gasteiger partial charge in [-0.2, -0.15) is 0 Å². The molecule has 23 aromatic rings. The van der Waals surface area contributed by atoms with Crippen LogP contribution in [0, 0.1) is 5.82 Å². The molecule has 0 unspecified atom stereocenters. The quantitative estimate of drug-likeness (QED) is 0.0897. The topological polar surface area (TPSA) is 31.4 Å². The van der Waals surface area contributed by atoms with Crippen LogP contribution in [0.3, 0.4) is 0 Å². The highest BCUT2D eigenvalue weighted by atomic mass is 19.1. The molecule has 25 rings (SSSR count). The van der Waals surface area contributed by atoms with E-state index in [1.807, 2.05) is 95.9 Å². The summed E-state index contributed by atoms with van der Waals surface area (Å²) in [6, 6.07) is 173. The van der Waals surface area contributed by atoms with Gasteiger partial charge in [-0.25, -0.2) is 4.39 Å². The van der Waals surface area contributed by atoms with E-state index in [1.54, 1.807) is 6.07 Å². The second-order valence-corrected chi connectivity index (χ2v) is 33.5. The first kappa shape index (κ1) is 77.2. The molecule has 0 saturated heterocycles. The van der Waals surface area contributed by atoms with E-state index in [0.29, 0.717) is 5.69 Å². The first-order valence-corrected chi connectivity index (χ1v) is 44.5. The predicted octanol–water partition coefficient (Wildman–Crippen LogP) is 35.7. The van der Waals surface area contributed by atoms with E-state index in [9.17, 15) is 0 Å². The lowest BCUT2D eigenvalue weighted by Crippen LogP contribution is -2.13. The Labute approximate surface area is 758 Å². The second kappa shape index (κ2) is 32.9. The van der Waals surface area contributed by atoms with Crippen LogP contribution in [0.1, 0.15) is 0 Å². The molecule has 0 atom stereocenters. The monoisotopic (exact) mass is 1680 g/mol. The zero-order chi connectivity index (χ0) is 86.8. The van der Waals surface area contributed by atoms with Crippen molar-refractivity contribution in [3.05, 3.63) is 497 Å². The van der Waals surface area contributed by atoms with Crippen molar-refractivity contribution in [3.8, 4) is 89.8 Å². The smallest absolute Gasteiger partial charge is 0.148 e. The summed E-state index contributed by atoms with van der Waals surface area (Å²) in [5.41, 5.74) is 24.5. The lowest BCUT2D eigenvalue weighted by molar-refractivity contribution is 0.487. The number of hydrogen-bond acceptors (Lipinski definition) is 6. The van der Waals surface area contributed by atoms with E-state index in [4.69, 9.17) is 9.47 Å². The minimum absolute atomic E-state index is 0.305. The lowest BCUT2D eigenvalue weighted by atomic mass is 9.86. The van der Waals surface area contributed by atoms with E-state index >= 15 is 4.39 Å². The molecular formula is C124H81FN4O2. The van der Waals surface area contributed by atoms with Gasteiger partial charge in [0, 0.05) is 102 Å². The Bertz CT molecular complexity index is 8240. The first-order valence-electron chi connectivity index (χ1n) is 44.5. The maximum Gasteiger partial charge on any atom is 0.148 e. The maximum atomic E-state index is 17.2. The third-order valence-electron chi connectivity index (χ3n) is 25.8. The average molecular weight is 1680 g/mol. The maximum absolute atomic E-state index is 17.2. The number of halogens is 1. The van der Waals surface area contributed by atoms with E-state index in [1.165, 1.54) is 65.2 Å². The second-order valence-electron chi connectivity index (χ2n) is 33.5. The average Bonchev–Trinajstić information content (AvgIpc) is 0.716. The Balaban J connectivity index is 0.000000146. The van der Waals surface area contributed by atoms with Crippen LogP contribution in [0.5, 0.6) is 23.0 Å². The van der Waals surface area contributed by atoms with Crippen molar-refractivity contribution in [1.29, 1.82) is 0 Å². The van der Waals surface area contributed by atoms with Gasteiger partial charge in [-0.15, -0.1) is 0 Å². The van der Waals surface area contributed by atoms with Gasteiger partial charge >= 0.3 is 0 Å². The molecule has 0 radical (unpaired) electrons. The minimum Gasteiger partial charge on any atom is -0.456 e. The lowest BCUT2D eigenvalue weighted by Gasteiger charge is -2.29. The molecule has 6 nitrogen and oxygen atoms in total. The van der Waals surface area contributed by atoms with Crippen LogP contribution in [0.15, 0.2) is 491 Å². The molecule has 0 aliphatic carbocycles. The molecule has 0 fully saturated rings. The zero-order valence-electron chi connectivity index (χ0n) is 71.2. The molecule has 2 aliphatic heterocycles. The van der Waals surface area contributed by atoms with Crippen LogP contribution in [-0.2, 0) is 0 Å². The summed E-state index contributed by atoms with van der Waals surface area (Å²) in [5.74, 6) is 3.08. The van der Waals surface area contributed by atoms with E-state index in [-0.39, 0.29) is 5.82 Å². The normalized spacial score (nSPS) is 11.7. The van der Waals surface area contributed by atoms with Crippen LogP contribution in [0.4, 0.5) is 72.6 Å². The van der Waals surface area contributed by atoms with Gasteiger partial charge in [-0.05, 0) is 297 Å². The number of ether oxygens (including phenoxy) is 2. The molecule has 0 N–H and O–H groups in total. The molecule has 23 aromatic carbocycles. The summed E-state index contributed by atoms with van der Waals surface area (Å²) in [4.78, 5) is 8.94. The molecule has 0 spiro atoms. The van der Waals surface area contributed by atoms with Gasteiger partial charge in [-0.3, -0.25) is 0 Å². The summed E-state index contributed by atoms with van der Waals surface area (Å²) >= 11 is 0. The SMILES string of the molecule is Fc1cc(-c2ccccc2)cc(-c2ccccc2)c1N(c1ccccc1)c1ccc(-c2cc3c4cccc5c4c(cc3c3ccccc23)-c2ccc(N(c3ccccc3)c3ccccc3)cc2O5)cc1.c1ccc(N(c2ccccc2)c2ccc3c(c2)Oc2cccc4c2c-3cc2c3ccccc3c(-c3ccc(N(c5ccccc5)c5ccc6ccccc6c5)cc3)cc42)cc1. The molecule has 0 bridgehead atoms. The number of fused-ring (bicyclic) bond motifs is 13. The molecule has 7 heteroatoms. The van der Waals surface area contributed by atoms with Gasteiger partial charge in [0.2, 0.25) is 0 Å². The molecule has 2 heterocycles. The molecule has 616 valence electrons. The number of nitrogens with zero attached hydrogens (tertiary/aromatic N) is 4. The van der Waals surface area contributed by atoms with Crippen molar-refractivity contribution in [1.82, 2.24) is 0 Å². The Morgan fingerprint density at radius 3 is 0.885 bits per heavy atom. The highest BCUT2D eigenvalue weighted by molar-refractivity contribution is 6.27. The molecule has 131 heavy (non-hydrogen) atoms. The number of rotatable bonds is 16.